The van der Waals surface area contributed by atoms with E-state index in [4.69, 9.17) is 15.0 Å². The molecule has 0 saturated heterocycles. The maximum Gasteiger partial charge on any atom is 0.216 e. The Morgan fingerprint density at radius 1 is 0.484 bits per heavy atom. The summed E-state index contributed by atoms with van der Waals surface area (Å²) < 4.78 is 11.6. The Morgan fingerprint density at radius 2 is 1.08 bits per heavy atom. The van der Waals surface area contributed by atoms with Crippen LogP contribution in [-0.2, 0) is 7.05 Å². The number of hydrogen-bond acceptors (Lipinski definition) is 3. The van der Waals surface area contributed by atoms with Gasteiger partial charge in [-0.3, -0.25) is 13.7 Å². The molecule has 62 heavy (non-hydrogen) atoms. The second-order valence-electron chi connectivity index (χ2n) is 16.5. The average molecular weight is 797 g/mol. The molecule has 0 amide bonds. The largest absolute Gasteiger partial charge is 0.313 e. The maximum atomic E-state index is 5.61. The number of nitrogens with zero attached hydrogens (tertiary/aromatic N) is 8. The lowest BCUT2D eigenvalue weighted by Gasteiger charge is -2.14. The molecule has 0 spiro atoms. The highest BCUT2D eigenvalue weighted by atomic mass is 15.3. The summed E-state index contributed by atoms with van der Waals surface area (Å²) in [5.41, 5.74) is 13.0. The monoisotopic (exact) mass is 796 g/mol. The van der Waals surface area contributed by atoms with Crippen molar-refractivity contribution in [2.75, 3.05) is 0 Å². The van der Waals surface area contributed by atoms with Gasteiger partial charge in [-0.1, -0.05) is 109 Å². The lowest BCUT2D eigenvalue weighted by Crippen LogP contribution is -2.03. The second-order valence-corrected chi connectivity index (χ2v) is 16.5. The molecule has 292 valence electrons. The first-order valence-electron chi connectivity index (χ1n) is 21.2. The van der Waals surface area contributed by atoms with Gasteiger partial charge in [0.25, 0.3) is 0 Å². The third-order valence-corrected chi connectivity index (χ3v) is 13.3. The minimum Gasteiger partial charge on any atom is -0.313 e. The zero-order valence-electron chi connectivity index (χ0n) is 33.7. The predicted molar refractivity (Wildman–Crippen MR) is 255 cm³/mol. The third-order valence-electron chi connectivity index (χ3n) is 13.3. The first kappa shape index (κ1) is 33.6. The van der Waals surface area contributed by atoms with Crippen LogP contribution in [0.3, 0.4) is 0 Å². The Bertz CT molecular complexity index is 4110. The lowest BCUT2D eigenvalue weighted by atomic mass is 10.1. The molecule has 1 aliphatic carbocycles. The number of fused-ring (bicyclic) bond motifs is 14. The standard InChI is InChI=1S/C54H36N8/c1-58-52-50(57-54(58)62-44-26-14-8-20-35(44)38-28-29-46-49(51(38)62)39-23-11-15-27-45(39)59(46)33-16-4-2-5-17-33)53(56-32-55-52)61-43-25-13-10-22-37(43)41-30-47-40(31-48(41)61)36-21-9-12-24-42(36)60(47)34-18-6-3-7-19-34/h2-6,8-18,20-32H,7,19H2,1H3. The van der Waals surface area contributed by atoms with Gasteiger partial charge in [0.1, 0.15) is 6.33 Å². The van der Waals surface area contributed by atoms with Gasteiger partial charge in [-0.05, 0) is 73.5 Å². The van der Waals surface area contributed by atoms with Crippen molar-refractivity contribution in [3.63, 3.8) is 0 Å². The zero-order chi connectivity index (χ0) is 40.6. The molecule has 0 N–H and O–H groups in total. The highest BCUT2D eigenvalue weighted by Gasteiger charge is 2.26. The van der Waals surface area contributed by atoms with Crippen LogP contribution in [0, 0.1) is 0 Å². The molecule has 0 unspecified atom stereocenters. The quantitative estimate of drug-likeness (QED) is 0.178. The number of aryl methyl sites for hydroxylation is 1. The van der Waals surface area contributed by atoms with Crippen LogP contribution in [-0.4, -0.2) is 37.8 Å². The molecule has 0 saturated carbocycles. The summed E-state index contributed by atoms with van der Waals surface area (Å²) >= 11 is 0. The molecule has 0 fully saturated rings. The smallest absolute Gasteiger partial charge is 0.216 e. The van der Waals surface area contributed by atoms with Crippen LogP contribution in [0.15, 0.2) is 176 Å². The molecule has 13 aromatic rings. The average Bonchev–Trinajstić information content (AvgIpc) is 4.11. The van der Waals surface area contributed by atoms with E-state index in [0.717, 1.165) is 74.6 Å². The van der Waals surface area contributed by atoms with Crippen molar-refractivity contribution in [3.8, 4) is 17.5 Å². The molecule has 6 heterocycles. The second kappa shape index (κ2) is 12.4. The SMILES string of the molecule is Cn1c(-n2c3ccccc3c3ccc4c(c5ccccc5n4-c4ccccc4)c32)nc2c(-n3c4ccccc4c4cc5c(cc43)c3ccccc3n5C3=CC=CCC3)ncnc21. The summed E-state index contributed by atoms with van der Waals surface area (Å²) in [5.74, 6) is 1.52. The molecule has 0 radical (unpaired) electrons. The Kier molecular flexibility index (Phi) is 6.72. The van der Waals surface area contributed by atoms with Crippen LogP contribution in [0.4, 0.5) is 0 Å². The molecular formula is C54H36N8. The number of imidazole rings is 1. The van der Waals surface area contributed by atoms with Crippen LogP contribution >= 0.6 is 0 Å². The van der Waals surface area contributed by atoms with E-state index in [1.807, 2.05) is 0 Å². The van der Waals surface area contributed by atoms with Crippen LogP contribution in [0.5, 0.6) is 0 Å². The molecule has 6 aromatic heterocycles. The molecule has 0 aliphatic heterocycles. The first-order valence-corrected chi connectivity index (χ1v) is 21.2. The van der Waals surface area contributed by atoms with Crippen molar-refractivity contribution >= 4 is 104 Å². The van der Waals surface area contributed by atoms with Crippen molar-refractivity contribution in [2.45, 2.75) is 12.8 Å². The molecule has 8 heteroatoms. The molecule has 0 bridgehead atoms. The van der Waals surface area contributed by atoms with Crippen LogP contribution in [0.2, 0.25) is 0 Å². The van der Waals surface area contributed by atoms with Crippen LogP contribution in [0.1, 0.15) is 12.8 Å². The fourth-order valence-corrected chi connectivity index (χ4v) is 10.7. The predicted octanol–water partition coefficient (Wildman–Crippen LogP) is 13.0. The number of rotatable bonds is 4. The van der Waals surface area contributed by atoms with E-state index >= 15 is 0 Å². The summed E-state index contributed by atoms with van der Waals surface area (Å²) in [7, 11) is 2.08. The number of allylic oxidation sites excluding steroid dienone is 4. The molecule has 14 rings (SSSR count). The van der Waals surface area contributed by atoms with E-state index in [-0.39, 0.29) is 0 Å². The maximum absolute atomic E-state index is 5.61. The van der Waals surface area contributed by atoms with Crippen LogP contribution in [0.25, 0.3) is 122 Å². The van der Waals surface area contributed by atoms with Gasteiger partial charge in [-0.25, -0.2) is 15.0 Å². The molecule has 1 aliphatic rings. The third kappa shape index (κ3) is 4.37. The normalized spacial score (nSPS) is 13.5. The molecule has 0 atom stereocenters. The summed E-state index contributed by atoms with van der Waals surface area (Å²) in [6, 6.07) is 54.8. The molecule has 8 nitrogen and oxygen atoms in total. The van der Waals surface area contributed by atoms with Gasteiger partial charge in [0.2, 0.25) is 5.95 Å². The van der Waals surface area contributed by atoms with Gasteiger partial charge in [0.15, 0.2) is 17.0 Å². The van der Waals surface area contributed by atoms with Gasteiger partial charge < -0.3 is 9.13 Å². The molecular weight excluding hydrogens is 761 g/mol. The van der Waals surface area contributed by atoms with Gasteiger partial charge in [0.05, 0.1) is 44.1 Å². The van der Waals surface area contributed by atoms with Gasteiger partial charge in [-0.2, -0.15) is 0 Å². The van der Waals surface area contributed by atoms with Gasteiger partial charge in [-0.15, -0.1) is 0 Å². The number of benzene rings is 7. The Labute approximate surface area is 354 Å². The topological polar surface area (TPSA) is 63.3 Å². The summed E-state index contributed by atoms with van der Waals surface area (Å²) in [6.45, 7) is 0. The van der Waals surface area contributed by atoms with Gasteiger partial charge >= 0.3 is 0 Å². The Hall–Kier alpha value is -8.23. The van der Waals surface area contributed by atoms with Crippen molar-refractivity contribution < 1.29 is 0 Å². The lowest BCUT2D eigenvalue weighted by molar-refractivity contribution is 0.860. The van der Waals surface area contributed by atoms with E-state index in [0.29, 0.717) is 0 Å². The first-order chi connectivity index (χ1) is 30.7. The van der Waals surface area contributed by atoms with Crippen LogP contribution < -0.4 is 0 Å². The summed E-state index contributed by atoms with van der Waals surface area (Å²) in [5, 5.41) is 9.50. The highest BCUT2D eigenvalue weighted by molar-refractivity contribution is 6.26. The van der Waals surface area contributed by atoms with Crippen molar-refractivity contribution in [2.24, 2.45) is 7.05 Å². The molecule has 7 aromatic carbocycles. The number of hydrogen-bond donors (Lipinski definition) is 0. The van der Waals surface area contributed by atoms with Crippen molar-refractivity contribution in [1.29, 1.82) is 0 Å². The highest BCUT2D eigenvalue weighted by Crippen LogP contribution is 2.44. The Morgan fingerprint density at radius 3 is 1.77 bits per heavy atom. The van der Waals surface area contributed by atoms with E-state index in [9.17, 15) is 0 Å². The summed E-state index contributed by atoms with van der Waals surface area (Å²) in [6.07, 6.45) is 10.4. The number of para-hydroxylation sites is 5. The van der Waals surface area contributed by atoms with E-state index < -0.39 is 0 Å². The Balaban J connectivity index is 1.08. The van der Waals surface area contributed by atoms with E-state index in [2.05, 4.69) is 200 Å². The summed E-state index contributed by atoms with van der Waals surface area (Å²) in [4.78, 5) is 15.7. The van der Waals surface area contributed by atoms with Gasteiger partial charge in [0, 0.05) is 61.5 Å². The minimum absolute atomic E-state index is 0.735. The zero-order valence-corrected chi connectivity index (χ0v) is 33.7. The van der Waals surface area contributed by atoms with E-state index in [1.54, 1.807) is 6.33 Å². The van der Waals surface area contributed by atoms with Crippen molar-refractivity contribution in [3.05, 3.63) is 176 Å². The van der Waals surface area contributed by atoms with E-state index in [1.165, 1.54) is 59.8 Å². The fraction of sp³-hybridized carbons (Fsp3) is 0.0556. The minimum atomic E-state index is 0.735. The fourth-order valence-electron chi connectivity index (χ4n) is 10.7. The van der Waals surface area contributed by atoms with Crippen molar-refractivity contribution in [1.82, 2.24) is 37.8 Å². The number of aromatic nitrogens is 8.